The summed E-state index contributed by atoms with van der Waals surface area (Å²) in [6.07, 6.45) is 0.145. The molecule has 2 aromatic rings. The molecule has 3 rings (SSSR count). The van der Waals surface area contributed by atoms with Crippen LogP contribution in [-0.4, -0.2) is 23.3 Å². The van der Waals surface area contributed by atoms with E-state index in [4.69, 9.17) is 4.74 Å². The van der Waals surface area contributed by atoms with E-state index < -0.39 is 6.09 Å². The lowest BCUT2D eigenvalue weighted by atomic mass is 9.96. The molecule has 4 heteroatoms. The fraction of sp³-hybridized carbons (Fsp3) is 0.350. The number of nitrogens with one attached hydrogen (secondary N) is 1. The first-order valence-corrected chi connectivity index (χ1v) is 8.36. The minimum atomic E-state index is -1.01. The van der Waals surface area contributed by atoms with Gasteiger partial charge in [0.25, 0.3) is 0 Å². The summed E-state index contributed by atoms with van der Waals surface area (Å²) in [4.78, 5) is 11.2. The van der Waals surface area contributed by atoms with Crippen LogP contribution in [0.1, 0.15) is 36.5 Å². The molecule has 4 nitrogen and oxygen atoms in total. The molecular weight excluding hydrogens is 302 g/mol. The largest absolute Gasteiger partial charge is 0.487 e. The quantitative estimate of drug-likeness (QED) is 0.874. The van der Waals surface area contributed by atoms with Crippen LogP contribution in [0.5, 0.6) is 5.75 Å². The van der Waals surface area contributed by atoms with Gasteiger partial charge in [-0.1, -0.05) is 62.4 Å². The summed E-state index contributed by atoms with van der Waals surface area (Å²) in [5.74, 6) is 1.31. The first-order valence-electron chi connectivity index (χ1n) is 8.36. The van der Waals surface area contributed by atoms with E-state index in [1.807, 2.05) is 30.3 Å². The van der Waals surface area contributed by atoms with Gasteiger partial charge in [0, 0.05) is 6.42 Å². The SMILES string of the molecule is CC(C)c1cccc2c1OC(C(Cc1ccccc1)NC(=O)O)C2. The summed E-state index contributed by atoms with van der Waals surface area (Å²) in [6.45, 7) is 4.28. The molecule has 2 N–H and O–H groups in total. The topological polar surface area (TPSA) is 58.6 Å². The highest BCUT2D eigenvalue weighted by Crippen LogP contribution is 2.37. The summed E-state index contributed by atoms with van der Waals surface area (Å²) in [6, 6.07) is 15.8. The lowest BCUT2D eigenvalue weighted by Crippen LogP contribution is -2.46. The van der Waals surface area contributed by atoms with Gasteiger partial charge in [0.2, 0.25) is 0 Å². The van der Waals surface area contributed by atoms with Gasteiger partial charge < -0.3 is 15.2 Å². The molecule has 0 fully saturated rings. The summed E-state index contributed by atoms with van der Waals surface area (Å²) < 4.78 is 6.21. The molecule has 0 spiro atoms. The Morgan fingerprint density at radius 1 is 1.21 bits per heavy atom. The van der Waals surface area contributed by atoms with Crippen molar-refractivity contribution in [3.8, 4) is 5.75 Å². The van der Waals surface area contributed by atoms with Crippen molar-refractivity contribution in [3.05, 3.63) is 65.2 Å². The number of para-hydroxylation sites is 1. The second-order valence-corrected chi connectivity index (χ2v) is 6.60. The number of ether oxygens (including phenoxy) is 1. The molecule has 1 amide bonds. The monoisotopic (exact) mass is 325 g/mol. The number of carbonyl (C=O) groups is 1. The molecule has 2 aromatic carbocycles. The Bertz CT molecular complexity index is 712. The van der Waals surface area contributed by atoms with E-state index >= 15 is 0 Å². The molecule has 0 saturated carbocycles. The van der Waals surface area contributed by atoms with Crippen molar-refractivity contribution >= 4 is 6.09 Å². The van der Waals surface area contributed by atoms with Crippen LogP contribution < -0.4 is 10.1 Å². The van der Waals surface area contributed by atoms with Gasteiger partial charge in [-0.15, -0.1) is 0 Å². The third-order valence-corrected chi connectivity index (χ3v) is 4.50. The average molecular weight is 325 g/mol. The van der Waals surface area contributed by atoms with Crippen molar-refractivity contribution < 1.29 is 14.6 Å². The standard InChI is InChI=1S/C20H23NO3/c1-13(2)16-10-6-9-15-12-18(24-19(15)16)17(21-20(22)23)11-14-7-4-3-5-8-14/h3-10,13,17-18,21H,11-12H2,1-2H3,(H,22,23). The number of amides is 1. The van der Waals surface area contributed by atoms with Crippen molar-refractivity contribution in [1.29, 1.82) is 0 Å². The van der Waals surface area contributed by atoms with E-state index in [-0.39, 0.29) is 12.1 Å². The molecule has 1 heterocycles. The van der Waals surface area contributed by atoms with Gasteiger partial charge in [-0.2, -0.15) is 0 Å². The third-order valence-electron chi connectivity index (χ3n) is 4.50. The number of fused-ring (bicyclic) bond motifs is 1. The molecule has 0 saturated heterocycles. The average Bonchev–Trinajstić information content (AvgIpc) is 2.98. The number of rotatable bonds is 5. The third kappa shape index (κ3) is 3.53. The Kier molecular flexibility index (Phi) is 4.74. The first kappa shape index (κ1) is 16.4. The molecule has 24 heavy (non-hydrogen) atoms. The Balaban J connectivity index is 1.82. The summed E-state index contributed by atoms with van der Waals surface area (Å²) in [5, 5.41) is 11.9. The Labute approximate surface area is 142 Å². The van der Waals surface area contributed by atoms with E-state index in [0.717, 1.165) is 23.3 Å². The van der Waals surface area contributed by atoms with Gasteiger partial charge in [-0.3, -0.25) is 0 Å². The second-order valence-electron chi connectivity index (χ2n) is 6.60. The Morgan fingerprint density at radius 2 is 1.96 bits per heavy atom. The van der Waals surface area contributed by atoms with Crippen LogP contribution in [0.4, 0.5) is 4.79 Å². The molecule has 126 valence electrons. The zero-order valence-electron chi connectivity index (χ0n) is 14.0. The molecule has 2 unspecified atom stereocenters. The van der Waals surface area contributed by atoms with Crippen molar-refractivity contribution in [2.24, 2.45) is 0 Å². The van der Waals surface area contributed by atoms with Crippen molar-refractivity contribution in [2.45, 2.75) is 44.8 Å². The van der Waals surface area contributed by atoms with Crippen LogP contribution in [0.15, 0.2) is 48.5 Å². The molecule has 1 aliphatic heterocycles. The van der Waals surface area contributed by atoms with Crippen LogP contribution in [0.2, 0.25) is 0 Å². The highest BCUT2D eigenvalue weighted by atomic mass is 16.5. The summed E-state index contributed by atoms with van der Waals surface area (Å²) in [7, 11) is 0. The Hall–Kier alpha value is -2.49. The van der Waals surface area contributed by atoms with Crippen LogP contribution in [0, 0.1) is 0 Å². The van der Waals surface area contributed by atoms with Gasteiger partial charge >= 0.3 is 6.09 Å². The van der Waals surface area contributed by atoms with E-state index in [1.54, 1.807) is 0 Å². The van der Waals surface area contributed by atoms with Crippen LogP contribution in [0.25, 0.3) is 0 Å². The van der Waals surface area contributed by atoms with Gasteiger partial charge in [0.15, 0.2) is 0 Å². The lowest BCUT2D eigenvalue weighted by molar-refractivity contribution is 0.153. The van der Waals surface area contributed by atoms with E-state index in [9.17, 15) is 9.90 Å². The fourth-order valence-electron chi connectivity index (χ4n) is 3.30. The maximum absolute atomic E-state index is 11.2. The maximum Gasteiger partial charge on any atom is 0.405 e. The van der Waals surface area contributed by atoms with Crippen LogP contribution >= 0.6 is 0 Å². The molecule has 0 aliphatic carbocycles. The zero-order chi connectivity index (χ0) is 17.1. The number of hydrogen-bond acceptors (Lipinski definition) is 2. The first-order chi connectivity index (χ1) is 11.5. The van der Waals surface area contributed by atoms with Crippen LogP contribution in [-0.2, 0) is 12.8 Å². The second kappa shape index (κ2) is 6.95. The fourth-order valence-corrected chi connectivity index (χ4v) is 3.30. The summed E-state index contributed by atoms with van der Waals surface area (Å²) in [5.41, 5.74) is 3.44. The van der Waals surface area contributed by atoms with E-state index in [0.29, 0.717) is 12.3 Å². The number of carboxylic acid groups (broad SMARTS) is 1. The smallest absolute Gasteiger partial charge is 0.405 e. The number of benzene rings is 2. The summed E-state index contributed by atoms with van der Waals surface area (Å²) >= 11 is 0. The van der Waals surface area contributed by atoms with E-state index in [2.05, 4.69) is 37.4 Å². The van der Waals surface area contributed by atoms with Gasteiger partial charge in [0.1, 0.15) is 11.9 Å². The normalized spacial score (nSPS) is 17.2. The maximum atomic E-state index is 11.2. The van der Waals surface area contributed by atoms with Crippen LogP contribution in [0.3, 0.4) is 0 Å². The lowest BCUT2D eigenvalue weighted by Gasteiger charge is -2.24. The highest BCUT2D eigenvalue weighted by Gasteiger charge is 2.33. The highest BCUT2D eigenvalue weighted by molar-refractivity contribution is 5.65. The van der Waals surface area contributed by atoms with Gasteiger partial charge in [0.05, 0.1) is 6.04 Å². The van der Waals surface area contributed by atoms with Crippen molar-refractivity contribution in [2.75, 3.05) is 0 Å². The Morgan fingerprint density at radius 3 is 2.62 bits per heavy atom. The molecular formula is C20H23NO3. The number of hydrogen-bond donors (Lipinski definition) is 2. The molecule has 0 radical (unpaired) electrons. The van der Waals surface area contributed by atoms with Gasteiger partial charge in [-0.05, 0) is 29.0 Å². The predicted octanol–water partition coefficient (Wildman–Crippen LogP) is 3.99. The van der Waals surface area contributed by atoms with Gasteiger partial charge in [-0.25, -0.2) is 4.79 Å². The molecule has 0 bridgehead atoms. The predicted molar refractivity (Wildman–Crippen MR) is 93.7 cm³/mol. The van der Waals surface area contributed by atoms with Crippen molar-refractivity contribution in [3.63, 3.8) is 0 Å². The van der Waals surface area contributed by atoms with Crippen molar-refractivity contribution in [1.82, 2.24) is 5.32 Å². The minimum Gasteiger partial charge on any atom is -0.487 e. The minimum absolute atomic E-state index is 0.184. The molecule has 2 atom stereocenters. The molecule has 1 aliphatic rings. The molecule has 0 aromatic heterocycles. The zero-order valence-corrected chi connectivity index (χ0v) is 14.0. The van der Waals surface area contributed by atoms with E-state index in [1.165, 1.54) is 5.56 Å².